The number of anilines is 2. The average molecular weight is 732 g/mol. The lowest BCUT2D eigenvalue weighted by atomic mass is 10.00. The Morgan fingerprint density at radius 1 is 0.815 bits per heavy atom. The van der Waals surface area contributed by atoms with Crippen molar-refractivity contribution in [3.63, 3.8) is 0 Å². The van der Waals surface area contributed by atoms with Crippen LogP contribution in [0.1, 0.15) is 69.1 Å². The molecule has 8 nitrogen and oxygen atoms in total. The maximum Gasteiger partial charge on any atom is 0.251 e. The van der Waals surface area contributed by atoms with Crippen molar-refractivity contribution < 1.29 is 23.7 Å². The number of carbonyl (C=O) groups is 1. The van der Waals surface area contributed by atoms with Crippen LogP contribution in [0.5, 0.6) is 11.5 Å². The number of fused-ring (bicyclic) bond motifs is 1. The average Bonchev–Trinajstić information content (AvgIpc) is 3.39. The summed E-state index contributed by atoms with van der Waals surface area (Å²) in [5, 5.41) is 3.19. The lowest BCUT2D eigenvalue weighted by Crippen LogP contribution is -2.36. The molecule has 1 fully saturated rings. The van der Waals surface area contributed by atoms with Crippen LogP contribution in [-0.2, 0) is 27.4 Å². The summed E-state index contributed by atoms with van der Waals surface area (Å²) in [4.78, 5) is 18.7. The maximum absolute atomic E-state index is 13.9. The molecule has 1 N–H and O–H groups in total. The van der Waals surface area contributed by atoms with Gasteiger partial charge in [-0.05, 0) is 122 Å². The zero-order valence-corrected chi connectivity index (χ0v) is 32.4. The third-order valence-corrected chi connectivity index (χ3v) is 10.2. The molecule has 54 heavy (non-hydrogen) atoms. The third-order valence-electron chi connectivity index (χ3n) is 10.2. The summed E-state index contributed by atoms with van der Waals surface area (Å²) in [6.45, 7) is 10.8. The van der Waals surface area contributed by atoms with Crippen LogP contribution in [0.25, 0.3) is 17.2 Å². The van der Waals surface area contributed by atoms with Crippen LogP contribution >= 0.6 is 0 Å². The molecule has 0 atom stereocenters. The van der Waals surface area contributed by atoms with Gasteiger partial charge in [-0.3, -0.25) is 9.69 Å². The fraction of sp³-hybridized carbons (Fsp3) is 0.413. The molecule has 286 valence electrons. The third kappa shape index (κ3) is 11.2. The van der Waals surface area contributed by atoms with E-state index < -0.39 is 0 Å². The lowest BCUT2D eigenvalue weighted by Gasteiger charge is -2.31. The first-order valence-electron chi connectivity index (χ1n) is 19.8. The molecule has 0 spiro atoms. The number of rotatable bonds is 18. The van der Waals surface area contributed by atoms with Gasteiger partial charge in [0.05, 0.1) is 13.2 Å². The molecule has 1 saturated heterocycles. The summed E-state index contributed by atoms with van der Waals surface area (Å²) in [6.07, 6.45) is 7.98. The Labute approximate surface area is 322 Å². The molecule has 0 aromatic heterocycles. The standard InChI is InChI=1S/C46H57N3O5/c1-4-6-25-51-28-29-54-43-17-12-37(13-18-43)38-14-19-45-40(31-38)32-39(20-23-49(45)34-36-8-7-9-44(30-36)53-24-5-2)46(50)47-41-15-10-35(11-16-41)33-48(3)42-21-26-52-27-22-42/h7-19,30-32,42H,4-6,20-29,33-34H2,1-3H3,(H,47,50). The van der Waals surface area contributed by atoms with E-state index in [1.165, 1.54) is 11.1 Å². The van der Waals surface area contributed by atoms with Gasteiger partial charge in [0.1, 0.15) is 18.1 Å². The van der Waals surface area contributed by atoms with Gasteiger partial charge in [0.15, 0.2) is 0 Å². The zero-order chi connectivity index (χ0) is 37.5. The van der Waals surface area contributed by atoms with Gasteiger partial charge in [0, 0.05) is 62.4 Å². The Hall–Kier alpha value is -4.63. The summed E-state index contributed by atoms with van der Waals surface area (Å²) >= 11 is 0. The number of carbonyl (C=O) groups excluding carboxylic acids is 1. The van der Waals surface area contributed by atoms with Crippen LogP contribution in [0.4, 0.5) is 11.4 Å². The van der Waals surface area contributed by atoms with E-state index in [9.17, 15) is 4.79 Å². The highest BCUT2D eigenvalue weighted by Gasteiger charge is 2.22. The molecule has 2 aliphatic heterocycles. The highest BCUT2D eigenvalue weighted by Crippen LogP contribution is 2.34. The first-order valence-corrected chi connectivity index (χ1v) is 19.8. The van der Waals surface area contributed by atoms with E-state index in [0.29, 0.717) is 45.4 Å². The van der Waals surface area contributed by atoms with Crippen molar-refractivity contribution in [3.05, 3.63) is 113 Å². The van der Waals surface area contributed by atoms with Gasteiger partial charge < -0.3 is 29.2 Å². The van der Waals surface area contributed by atoms with Gasteiger partial charge in [0.2, 0.25) is 0 Å². The van der Waals surface area contributed by atoms with Crippen LogP contribution in [0, 0.1) is 0 Å². The van der Waals surface area contributed by atoms with Crippen LogP contribution in [0.2, 0.25) is 0 Å². The van der Waals surface area contributed by atoms with Crippen LogP contribution in [0.15, 0.2) is 96.6 Å². The Morgan fingerprint density at radius 2 is 1.59 bits per heavy atom. The van der Waals surface area contributed by atoms with E-state index in [0.717, 1.165) is 104 Å². The molecule has 8 heteroatoms. The molecule has 0 bridgehead atoms. The smallest absolute Gasteiger partial charge is 0.251 e. The SMILES string of the molecule is CCCCOCCOc1ccc(-c2ccc3c(c2)C=C(C(=O)Nc2ccc(CN(C)C4CCOCC4)cc2)CCN3Cc2cccc(OCCC)c2)cc1. The topological polar surface area (TPSA) is 72.5 Å². The molecule has 2 aliphatic rings. The molecule has 6 rings (SSSR count). The second kappa shape index (κ2) is 20.2. The number of ether oxygens (including phenoxy) is 4. The Balaban J connectivity index is 1.18. The highest BCUT2D eigenvalue weighted by molar-refractivity contribution is 6.07. The normalized spacial score (nSPS) is 14.7. The number of benzene rings is 4. The highest BCUT2D eigenvalue weighted by atomic mass is 16.5. The lowest BCUT2D eigenvalue weighted by molar-refractivity contribution is -0.112. The maximum atomic E-state index is 13.9. The second-order valence-electron chi connectivity index (χ2n) is 14.4. The van der Waals surface area contributed by atoms with E-state index in [2.05, 4.69) is 103 Å². The predicted molar refractivity (Wildman–Crippen MR) is 219 cm³/mol. The van der Waals surface area contributed by atoms with E-state index in [1.807, 2.05) is 30.3 Å². The van der Waals surface area contributed by atoms with Crippen LogP contribution < -0.4 is 19.7 Å². The summed E-state index contributed by atoms with van der Waals surface area (Å²) in [7, 11) is 2.18. The van der Waals surface area contributed by atoms with Crippen LogP contribution in [0.3, 0.4) is 0 Å². The minimum Gasteiger partial charge on any atom is -0.494 e. The first-order chi connectivity index (χ1) is 26.5. The van der Waals surface area contributed by atoms with E-state index in [-0.39, 0.29) is 5.91 Å². The number of amides is 1. The number of unbranched alkanes of at least 4 members (excludes halogenated alkanes) is 1. The molecule has 1 amide bonds. The molecule has 2 heterocycles. The molecular weight excluding hydrogens is 675 g/mol. The summed E-state index contributed by atoms with van der Waals surface area (Å²) < 4.78 is 23.1. The largest absolute Gasteiger partial charge is 0.494 e. The fourth-order valence-corrected chi connectivity index (χ4v) is 7.05. The van der Waals surface area contributed by atoms with E-state index in [4.69, 9.17) is 18.9 Å². The van der Waals surface area contributed by atoms with Gasteiger partial charge >= 0.3 is 0 Å². The monoisotopic (exact) mass is 731 g/mol. The number of hydrogen-bond donors (Lipinski definition) is 1. The molecule has 0 radical (unpaired) electrons. The number of nitrogens with one attached hydrogen (secondary N) is 1. The van der Waals surface area contributed by atoms with Gasteiger partial charge in [-0.2, -0.15) is 0 Å². The Kier molecular flexibility index (Phi) is 14.6. The van der Waals surface area contributed by atoms with Crippen molar-refractivity contribution in [3.8, 4) is 22.6 Å². The minimum atomic E-state index is -0.0737. The van der Waals surface area contributed by atoms with Crippen molar-refractivity contribution in [1.29, 1.82) is 0 Å². The van der Waals surface area contributed by atoms with Crippen molar-refractivity contribution in [2.24, 2.45) is 0 Å². The molecule has 4 aromatic carbocycles. The molecule has 0 unspecified atom stereocenters. The second-order valence-corrected chi connectivity index (χ2v) is 14.4. The number of nitrogens with zero attached hydrogens (tertiary/aromatic N) is 2. The van der Waals surface area contributed by atoms with Gasteiger partial charge in [-0.15, -0.1) is 0 Å². The minimum absolute atomic E-state index is 0.0737. The van der Waals surface area contributed by atoms with Gasteiger partial charge in [0.25, 0.3) is 5.91 Å². The summed E-state index contributed by atoms with van der Waals surface area (Å²) in [5.41, 5.74) is 8.23. The predicted octanol–water partition coefficient (Wildman–Crippen LogP) is 9.38. The fourth-order valence-electron chi connectivity index (χ4n) is 7.05. The van der Waals surface area contributed by atoms with Crippen molar-refractivity contribution in [2.45, 2.75) is 71.5 Å². The Bertz CT molecular complexity index is 1800. The van der Waals surface area contributed by atoms with Crippen molar-refractivity contribution >= 4 is 23.4 Å². The molecule has 0 saturated carbocycles. The quantitative estimate of drug-likeness (QED) is 0.102. The van der Waals surface area contributed by atoms with E-state index >= 15 is 0 Å². The number of hydrogen-bond acceptors (Lipinski definition) is 7. The zero-order valence-electron chi connectivity index (χ0n) is 32.4. The molecule has 0 aliphatic carbocycles. The summed E-state index contributed by atoms with van der Waals surface area (Å²) in [5.74, 6) is 1.63. The van der Waals surface area contributed by atoms with Gasteiger partial charge in [-0.25, -0.2) is 0 Å². The molecule has 4 aromatic rings. The van der Waals surface area contributed by atoms with E-state index in [1.54, 1.807) is 0 Å². The first kappa shape index (κ1) is 39.1. The van der Waals surface area contributed by atoms with Gasteiger partial charge in [-0.1, -0.05) is 62.7 Å². The Morgan fingerprint density at radius 3 is 2.37 bits per heavy atom. The van der Waals surface area contributed by atoms with Crippen molar-refractivity contribution in [1.82, 2.24) is 4.90 Å². The summed E-state index contributed by atoms with van der Waals surface area (Å²) in [6, 6.07) is 31.9. The molecular formula is C46H57N3O5. The van der Waals surface area contributed by atoms with Crippen LogP contribution in [-0.4, -0.2) is 70.1 Å². The van der Waals surface area contributed by atoms with Crippen molar-refractivity contribution in [2.75, 3.05) is 63.5 Å².